The Kier molecular flexibility index (Phi) is 31.8. The predicted octanol–water partition coefficient (Wildman–Crippen LogP) is 17.0. The van der Waals surface area contributed by atoms with E-state index < -0.39 is 24.5 Å². The van der Waals surface area contributed by atoms with E-state index in [-0.39, 0.29) is 104 Å². The highest BCUT2D eigenvalue weighted by Crippen LogP contribution is 2.43. The van der Waals surface area contributed by atoms with Gasteiger partial charge >= 0.3 is 17.9 Å². The van der Waals surface area contributed by atoms with E-state index in [0.29, 0.717) is 36.9 Å². The minimum Gasteiger partial charge on any atom is -0.507 e. The van der Waals surface area contributed by atoms with Gasteiger partial charge in [-0.3, -0.25) is 0 Å². The van der Waals surface area contributed by atoms with Crippen LogP contribution in [0.25, 0.3) is 0 Å². The number of hydrogen-bond donors (Lipinski definition) is 7. The molecular weight excluding hydrogens is 1400 g/mol. The number of carbonyl (C=O) groups is 3. The fourth-order valence-corrected chi connectivity index (χ4v) is 12.6. The van der Waals surface area contributed by atoms with E-state index in [2.05, 4.69) is 0 Å². The van der Waals surface area contributed by atoms with E-state index >= 15 is 0 Å². The summed E-state index contributed by atoms with van der Waals surface area (Å²) < 4.78 is 47.3. The van der Waals surface area contributed by atoms with Crippen LogP contribution in [-0.2, 0) is 42.8 Å². The molecule has 0 unspecified atom stereocenters. The zero-order valence-electron chi connectivity index (χ0n) is 62.1. The molecule has 9 rings (SSSR count). The number of halogens is 2. The van der Waals surface area contributed by atoms with Crippen LogP contribution in [-0.4, -0.2) is 126 Å². The summed E-state index contributed by atoms with van der Waals surface area (Å²) in [6.45, 7) is 22.7. The van der Waals surface area contributed by atoms with E-state index in [9.17, 15) is 45.0 Å². The first-order valence-electron chi connectivity index (χ1n) is 34.5. The van der Waals surface area contributed by atoms with Gasteiger partial charge in [0.1, 0.15) is 63.9 Å². The molecule has 0 aliphatic carbocycles. The average Bonchev–Trinajstić information content (AvgIpc) is 0.796. The lowest BCUT2D eigenvalue weighted by Gasteiger charge is -2.22. The topological polar surface area (TPSA) is 276 Å². The molecule has 106 heavy (non-hydrogen) atoms. The van der Waals surface area contributed by atoms with E-state index in [4.69, 9.17) is 70.9 Å². The summed E-state index contributed by atoms with van der Waals surface area (Å²) in [6.07, 6.45) is 1.31. The van der Waals surface area contributed by atoms with Crippen molar-refractivity contribution in [3.8, 4) is 51.7 Å². The van der Waals surface area contributed by atoms with Gasteiger partial charge in [-0.2, -0.15) is 0 Å². The largest absolute Gasteiger partial charge is 0.507 e. The van der Waals surface area contributed by atoms with Crippen molar-refractivity contribution < 1.29 is 92.8 Å². The van der Waals surface area contributed by atoms with Crippen LogP contribution >= 0.6 is 23.2 Å². The summed E-state index contributed by atoms with van der Waals surface area (Å²) in [6, 6.07) is 46.4. The molecule has 21 heteroatoms. The van der Waals surface area contributed by atoms with Gasteiger partial charge in [-0.05, 0) is 249 Å². The molecule has 7 N–H and O–H groups in total. The third-order valence-electron chi connectivity index (χ3n) is 17.7. The number of hydrogen-bond acceptors (Lipinski definition) is 18. The predicted molar refractivity (Wildman–Crippen MR) is 408 cm³/mol. The van der Waals surface area contributed by atoms with Gasteiger partial charge in [-0.25, -0.2) is 14.4 Å². The summed E-state index contributed by atoms with van der Waals surface area (Å²) in [5.41, 5.74) is 18.3. The number of esters is 2. The lowest BCUT2D eigenvalue weighted by molar-refractivity contribution is -0.160. The number of carbonyl (C=O) groups excluding carboxylic acids is 2. The van der Waals surface area contributed by atoms with Crippen molar-refractivity contribution >= 4 is 41.1 Å². The molecule has 0 saturated carbocycles. The molecular formula is C85H96Cl2O19. The summed E-state index contributed by atoms with van der Waals surface area (Å²) in [5.74, 6) is 0.321. The first kappa shape index (κ1) is 83.3. The molecule has 0 aromatic heterocycles. The van der Waals surface area contributed by atoms with Crippen molar-refractivity contribution in [2.45, 2.75) is 114 Å². The van der Waals surface area contributed by atoms with E-state index in [1.54, 1.807) is 36.4 Å². The molecule has 0 atom stereocenters. The van der Waals surface area contributed by atoms with Gasteiger partial charge in [0.15, 0.2) is 33.4 Å². The highest BCUT2D eigenvalue weighted by atomic mass is 35.5. The number of aliphatic carboxylic acids is 1. The molecule has 0 saturated heterocycles. The van der Waals surface area contributed by atoms with Gasteiger partial charge in [0.05, 0.1) is 26.4 Å². The van der Waals surface area contributed by atoms with Crippen LogP contribution in [0.1, 0.15) is 147 Å². The van der Waals surface area contributed by atoms with Crippen LogP contribution in [0.2, 0.25) is 0 Å². The highest BCUT2D eigenvalue weighted by molar-refractivity contribution is 6.17. The van der Waals surface area contributed by atoms with Crippen LogP contribution < -0.4 is 14.2 Å². The number of carboxylic acid groups (broad SMARTS) is 1. The van der Waals surface area contributed by atoms with E-state index in [0.717, 1.165) is 123 Å². The van der Waals surface area contributed by atoms with E-state index in [1.807, 2.05) is 192 Å². The molecule has 9 aromatic carbocycles. The Labute approximate surface area is 630 Å². The Hall–Kier alpha value is -9.99. The summed E-state index contributed by atoms with van der Waals surface area (Å²) in [4.78, 5) is 35.5. The third kappa shape index (κ3) is 23.8. The molecule has 0 bridgehead atoms. The molecule has 9 aromatic rings. The number of carboxylic acids is 1. The molecule has 564 valence electrons. The van der Waals surface area contributed by atoms with Gasteiger partial charge < -0.3 is 78.4 Å². The average molecular weight is 1490 g/mol. The number of benzene rings is 9. The standard InChI is InChI=1S/C55H60O12.C25H26O5.C5H10Cl2O2/c1-32-20-42(21-33(2)52(32)58)50(43-22-34(3)53(59)35(4)23-43)40-10-14-46(15-11-40)64-28-48(56)66-30-62-18-9-19-63-31-67-49(57)29-65-47-16-12-41(13-17-47)51(44-24-36(5)54(60)37(6)25-44)45-26-38(7)55(61)39(8)27-45;1-14-9-19(10-15(2)24(14)28)23(20-11-16(3)25(29)17(4)12-20)18-5-7-21(8-6-18)30-13-22(26)27;6-4-8-2-1-3-9-5-7/h10-17,20-27,50-51,58-61H,9,18-19,28-31H2,1-8H3;5-12,23,28-29H,13H2,1-4H3,(H,26,27);1-5H2. The normalized spacial score (nSPS) is 11.1. The maximum absolute atomic E-state index is 12.4. The number of alkyl halides is 2. The molecule has 0 spiro atoms. The molecule has 19 nitrogen and oxygen atoms in total. The minimum atomic E-state index is -1.03. The van der Waals surface area contributed by atoms with Gasteiger partial charge in [-0.15, -0.1) is 0 Å². The Morgan fingerprint density at radius 3 is 0.698 bits per heavy atom. The number of rotatable bonds is 32. The maximum atomic E-state index is 12.4. The quantitative estimate of drug-likeness (QED) is 0.00678. The zero-order valence-corrected chi connectivity index (χ0v) is 63.6. The van der Waals surface area contributed by atoms with Crippen LogP contribution in [0.5, 0.6) is 51.7 Å². The number of aromatic hydroxyl groups is 6. The van der Waals surface area contributed by atoms with Crippen molar-refractivity contribution in [1.29, 1.82) is 0 Å². The minimum absolute atomic E-state index is 0.130. The fourth-order valence-electron chi connectivity index (χ4n) is 12.4. The SMILES string of the molecule is Cc1cc(C(c2ccc(OCC(=O)O)cc2)c2cc(C)c(O)c(C)c2)cc(C)c1O.Cc1cc(C(c2ccc(OCC(=O)OCOCCCOCOC(=O)COc3ccc(C(c4cc(C)c(O)c(C)c4)c4cc(C)c(O)c(C)c4)cc3)cc2)c2cc(C)c(O)c(C)c2)cc(C)c1O.ClCOCCCOCCl. The first-order valence-corrected chi connectivity index (χ1v) is 35.6. The van der Waals surface area contributed by atoms with Gasteiger partial charge in [0.2, 0.25) is 0 Å². The van der Waals surface area contributed by atoms with Crippen molar-refractivity contribution in [2.24, 2.45) is 0 Å². The van der Waals surface area contributed by atoms with Crippen molar-refractivity contribution in [3.05, 3.63) is 262 Å². The fraction of sp³-hybridized carbons (Fsp3) is 0.329. The molecule has 0 aliphatic heterocycles. The summed E-state index contributed by atoms with van der Waals surface area (Å²) in [5, 5.41) is 71.0. The monoisotopic (exact) mass is 1490 g/mol. The first-order chi connectivity index (χ1) is 50.6. The van der Waals surface area contributed by atoms with Crippen molar-refractivity contribution in [2.75, 3.05) is 72.0 Å². The molecule has 0 amide bonds. The number of ether oxygens (including phenoxy) is 9. The van der Waals surface area contributed by atoms with Gasteiger partial charge in [-0.1, -0.05) is 132 Å². The second-order valence-electron chi connectivity index (χ2n) is 26.1. The summed E-state index contributed by atoms with van der Waals surface area (Å²) in [7, 11) is 0. The van der Waals surface area contributed by atoms with E-state index in [1.165, 1.54) is 0 Å². The number of aryl methyl sites for hydroxylation is 12. The molecule has 0 heterocycles. The maximum Gasteiger partial charge on any atom is 0.346 e. The highest BCUT2D eigenvalue weighted by Gasteiger charge is 2.25. The van der Waals surface area contributed by atoms with Crippen LogP contribution in [0.4, 0.5) is 0 Å². The van der Waals surface area contributed by atoms with Gasteiger partial charge in [0.25, 0.3) is 0 Å². The van der Waals surface area contributed by atoms with Crippen LogP contribution in [0.15, 0.2) is 146 Å². The van der Waals surface area contributed by atoms with Crippen LogP contribution in [0, 0.1) is 83.1 Å². The molecule has 0 aliphatic rings. The Morgan fingerprint density at radius 1 is 0.302 bits per heavy atom. The lowest BCUT2D eigenvalue weighted by atomic mass is 9.82. The van der Waals surface area contributed by atoms with Crippen molar-refractivity contribution in [1.82, 2.24) is 0 Å². The van der Waals surface area contributed by atoms with Crippen LogP contribution in [0.3, 0.4) is 0 Å². The molecule has 0 fully saturated rings. The molecule has 0 radical (unpaired) electrons. The smallest absolute Gasteiger partial charge is 0.346 e. The lowest BCUT2D eigenvalue weighted by Crippen LogP contribution is -2.18. The second kappa shape index (κ2) is 40.5. The zero-order chi connectivity index (χ0) is 77.3. The second-order valence-corrected chi connectivity index (χ2v) is 26.5. The van der Waals surface area contributed by atoms with Gasteiger partial charge in [0, 0.05) is 17.8 Å². The van der Waals surface area contributed by atoms with Crippen molar-refractivity contribution in [3.63, 3.8) is 0 Å². The Balaban J connectivity index is 0.000000329. The Morgan fingerprint density at radius 2 is 0.500 bits per heavy atom. The third-order valence-corrected chi connectivity index (χ3v) is 18.0. The Bertz CT molecular complexity index is 3920. The number of phenols is 6. The number of phenolic OH excluding ortho intramolecular Hbond substituents is 6. The summed E-state index contributed by atoms with van der Waals surface area (Å²) >= 11 is 10.5.